The summed E-state index contributed by atoms with van der Waals surface area (Å²) in [7, 11) is 0. The Kier molecular flexibility index (Phi) is 6.25. The fourth-order valence-electron chi connectivity index (χ4n) is 5.08. The minimum atomic E-state index is 0.192. The molecule has 0 aromatic heterocycles. The third-order valence-electron chi connectivity index (χ3n) is 5.61. The second-order valence-corrected chi connectivity index (χ2v) is 12.4. The molecule has 0 unspecified atom stereocenters. The highest BCUT2D eigenvalue weighted by Gasteiger charge is 2.28. The van der Waals surface area contributed by atoms with Gasteiger partial charge >= 0.3 is 0 Å². The van der Waals surface area contributed by atoms with Crippen LogP contribution in [0.2, 0.25) is 0 Å². The molecule has 28 heavy (non-hydrogen) atoms. The number of hydrogen-bond acceptors (Lipinski definition) is 0. The van der Waals surface area contributed by atoms with Crippen LogP contribution in [0.5, 0.6) is 0 Å². The standard InChI is InChI=1S/C28H42/c1-25(2,3)19-27(7,8)23-15-11-21(12-16-23)22-13-17-24(18-14-22)28(9,10)20-26(4,5)6/h11-18H,19-20H2,1-10H3. The van der Waals surface area contributed by atoms with Crippen molar-refractivity contribution in [3.63, 3.8) is 0 Å². The van der Waals surface area contributed by atoms with Gasteiger partial charge in [-0.1, -0.05) is 118 Å². The van der Waals surface area contributed by atoms with E-state index in [-0.39, 0.29) is 10.8 Å². The van der Waals surface area contributed by atoms with Crippen LogP contribution in [0.3, 0.4) is 0 Å². The van der Waals surface area contributed by atoms with E-state index < -0.39 is 0 Å². The highest BCUT2D eigenvalue weighted by molar-refractivity contribution is 5.64. The van der Waals surface area contributed by atoms with E-state index in [1.165, 1.54) is 35.1 Å². The molecule has 0 atom stereocenters. The van der Waals surface area contributed by atoms with E-state index in [2.05, 4.69) is 118 Å². The van der Waals surface area contributed by atoms with Crippen LogP contribution in [-0.2, 0) is 10.8 Å². The maximum atomic E-state index is 2.36. The summed E-state index contributed by atoms with van der Waals surface area (Å²) in [5.41, 5.74) is 6.50. The summed E-state index contributed by atoms with van der Waals surface area (Å²) in [6.45, 7) is 23.4. The average molecular weight is 379 g/mol. The van der Waals surface area contributed by atoms with Crippen molar-refractivity contribution in [1.29, 1.82) is 0 Å². The second-order valence-electron chi connectivity index (χ2n) is 12.4. The van der Waals surface area contributed by atoms with Crippen LogP contribution in [0.4, 0.5) is 0 Å². The fraction of sp³-hybridized carbons (Fsp3) is 0.571. The molecule has 0 bridgehead atoms. The Morgan fingerprint density at radius 2 is 0.679 bits per heavy atom. The number of benzene rings is 2. The minimum absolute atomic E-state index is 0.192. The maximum absolute atomic E-state index is 2.36. The van der Waals surface area contributed by atoms with E-state index in [4.69, 9.17) is 0 Å². The molecule has 0 aliphatic heterocycles. The monoisotopic (exact) mass is 378 g/mol. The first kappa shape index (κ1) is 22.7. The summed E-state index contributed by atoms with van der Waals surface area (Å²) in [4.78, 5) is 0. The van der Waals surface area contributed by atoms with Gasteiger partial charge in [-0.25, -0.2) is 0 Å². The van der Waals surface area contributed by atoms with Gasteiger partial charge in [-0.2, -0.15) is 0 Å². The Hall–Kier alpha value is -1.56. The lowest BCUT2D eigenvalue weighted by Crippen LogP contribution is -2.24. The predicted octanol–water partition coefficient (Wildman–Crippen LogP) is 8.78. The molecule has 0 saturated carbocycles. The van der Waals surface area contributed by atoms with Crippen LogP contribution in [0, 0.1) is 10.8 Å². The van der Waals surface area contributed by atoms with Crippen LogP contribution in [0.25, 0.3) is 11.1 Å². The third-order valence-corrected chi connectivity index (χ3v) is 5.61. The molecule has 0 aliphatic rings. The summed E-state index contributed by atoms with van der Waals surface area (Å²) in [5, 5.41) is 0. The molecule has 2 aromatic rings. The lowest BCUT2D eigenvalue weighted by molar-refractivity contribution is 0.283. The van der Waals surface area contributed by atoms with Crippen molar-refractivity contribution < 1.29 is 0 Å². The first-order chi connectivity index (χ1) is 12.6. The molecule has 0 amide bonds. The van der Waals surface area contributed by atoms with E-state index in [9.17, 15) is 0 Å². The second kappa shape index (κ2) is 7.69. The molecule has 0 nitrogen and oxygen atoms in total. The van der Waals surface area contributed by atoms with E-state index in [0.717, 1.165) is 0 Å². The van der Waals surface area contributed by atoms with Crippen LogP contribution < -0.4 is 0 Å². The Balaban J connectivity index is 2.21. The van der Waals surface area contributed by atoms with Crippen LogP contribution >= 0.6 is 0 Å². The van der Waals surface area contributed by atoms with Crippen LogP contribution in [-0.4, -0.2) is 0 Å². The van der Waals surface area contributed by atoms with E-state index in [1.807, 2.05) is 0 Å². The number of rotatable bonds is 5. The Morgan fingerprint density at radius 3 is 0.893 bits per heavy atom. The molecule has 154 valence electrons. The largest absolute Gasteiger partial charge is 0.0601 e. The van der Waals surface area contributed by atoms with Crippen molar-refractivity contribution in [1.82, 2.24) is 0 Å². The molecule has 0 spiro atoms. The van der Waals surface area contributed by atoms with Crippen LogP contribution in [0.1, 0.15) is 93.2 Å². The van der Waals surface area contributed by atoms with Crippen molar-refractivity contribution >= 4 is 0 Å². The molecule has 0 N–H and O–H groups in total. The topological polar surface area (TPSA) is 0 Å². The molecule has 0 heterocycles. The average Bonchev–Trinajstić information content (AvgIpc) is 2.51. The summed E-state index contributed by atoms with van der Waals surface area (Å²) < 4.78 is 0. The van der Waals surface area contributed by atoms with Gasteiger partial charge in [-0.15, -0.1) is 0 Å². The third kappa shape index (κ3) is 6.23. The summed E-state index contributed by atoms with van der Waals surface area (Å²) in [6, 6.07) is 18.4. The molecule has 2 aromatic carbocycles. The number of hydrogen-bond donors (Lipinski definition) is 0. The molecule has 2 rings (SSSR count). The highest BCUT2D eigenvalue weighted by Crippen LogP contribution is 2.38. The van der Waals surface area contributed by atoms with Crippen molar-refractivity contribution in [3.8, 4) is 11.1 Å². The first-order valence-electron chi connectivity index (χ1n) is 10.8. The normalized spacial score (nSPS) is 13.6. The van der Waals surface area contributed by atoms with Crippen molar-refractivity contribution in [2.75, 3.05) is 0 Å². The summed E-state index contributed by atoms with van der Waals surface area (Å²) in [5.74, 6) is 0. The van der Waals surface area contributed by atoms with Gasteiger partial charge in [0.2, 0.25) is 0 Å². The lowest BCUT2D eigenvalue weighted by atomic mass is 9.72. The molecule has 0 radical (unpaired) electrons. The van der Waals surface area contributed by atoms with Gasteiger partial charge in [0.25, 0.3) is 0 Å². The van der Waals surface area contributed by atoms with Crippen molar-refractivity contribution in [2.45, 2.75) is 92.9 Å². The zero-order chi connectivity index (χ0) is 21.4. The van der Waals surface area contributed by atoms with Crippen LogP contribution in [0.15, 0.2) is 48.5 Å². The molecule has 0 aliphatic carbocycles. The van der Waals surface area contributed by atoms with E-state index in [1.54, 1.807) is 0 Å². The Labute approximate surface area is 174 Å². The van der Waals surface area contributed by atoms with Gasteiger partial charge < -0.3 is 0 Å². The maximum Gasteiger partial charge on any atom is -0.00986 e. The summed E-state index contributed by atoms with van der Waals surface area (Å²) >= 11 is 0. The predicted molar refractivity (Wildman–Crippen MR) is 126 cm³/mol. The molecule has 0 heteroatoms. The van der Waals surface area contributed by atoms with Crippen molar-refractivity contribution in [2.24, 2.45) is 10.8 Å². The fourth-order valence-corrected chi connectivity index (χ4v) is 5.08. The van der Waals surface area contributed by atoms with Gasteiger partial charge in [0.15, 0.2) is 0 Å². The Bertz CT molecular complexity index is 687. The summed E-state index contributed by atoms with van der Waals surface area (Å²) in [6.07, 6.45) is 2.35. The molecular weight excluding hydrogens is 336 g/mol. The van der Waals surface area contributed by atoms with Gasteiger partial charge in [0.1, 0.15) is 0 Å². The smallest absolute Gasteiger partial charge is 0.00986 e. The van der Waals surface area contributed by atoms with E-state index in [0.29, 0.717) is 10.8 Å². The minimum Gasteiger partial charge on any atom is -0.0601 e. The molecule has 0 fully saturated rings. The molecular formula is C28H42. The van der Waals surface area contributed by atoms with E-state index >= 15 is 0 Å². The highest BCUT2D eigenvalue weighted by atomic mass is 14.3. The van der Waals surface area contributed by atoms with Crippen molar-refractivity contribution in [3.05, 3.63) is 59.7 Å². The van der Waals surface area contributed by atoms with Gasteiger partial charge in [0, 0.05) is 0 Å². The zero-order valence-electron chi connectivity index (χ0n) is 20.0. The zero-order valence-corrected chi connectivity index (χ0v) is 20.0. The Morgan fingerprint density at radius 1 is 0.429 bits per heavy atom. The molecule has 0 saturated heterocycles. The SMILES string of the molecule is CC(C)(C)CC(C)(C)c1ccc(-c2ccc(C(C)(C)CC(C)(C)C)cc2)cc1. The van der Waals surface area contributed by atoms with Gasteiger partial charge in [0.05, 0.1) is 0 Å². The van der Waals surface area contributed by atoms with Gasteiger partial charge in [-0.05, 0) is 56.8 Å². The van der Waals surface area contributed by atoms with Gasteiger partial charge in [-0.3, -0.25) is 0 Å². The quantitative estimate of drug-likeness (QED) is 0.487. The first-order valence-corrected chi connectivity index (χ1v) is 10.8. The lowest BCUT2D eigenvalue weighted by Gasteiger charge is -2.33.